The Morgan fingerprint density at radius 2 is 1.93 bits per heavy atom. The number of thiocarbonyl (C=S) groups is 1. The number of halogens is 1. The van der Waals surface area contributed by atoms with Crippen molar-refractivity contribution in [3.8, 4) is 5.75 Å². The summed E-state index contributed by atoms with van der Waals surface area (Å²) in [5.41, 5.74) is 0.809. The minimum absolute atomic E-state index is 0.0688. The van der Waals surface area contributed by atoms with Gasteiger partial charge in [0, 0.05) is 6.07 Å². The molecule has 0 saturated heterocycles. The average molecular weight is 434 g/mol. The molecule has 0 amide bonds. The van der Waals surface area contributed by atoms with Gasteiger partial charge in [-0.2, -0.15) is 0 Å². The van der Waals surface area contributed by atoms with Crippen LogP contribution in [-0.4, -0.2) is 34.2 Å². The van der Waals surface area contributed by atoms with Crippen LogP contribution in [-0.2, 0) is 16.1 Å². The number of nitro groups is 1. The number of carbonyl (C=O) groups excluding carboxylic acids is 1. The number of hydrogen-bond acceptors (Lipinski definition) is 6. The van der Waals surface area contributed by atoms with Crippen molar-refractivity contribution in [3.05, 3.63) is 75.6 Å². The van der Waals surface area contributed by atoms with E-state index < -0.39 is 23.4 Å². The molecule has 0 aliphatic heterocycles. The third kappa shape index (κ3) is 7.07. The molecule has 2 aromatic rings. The van der Waals surface area contributed by atoms with Crippen LogP contribution in [0.5, 0.6) is 5.75 Å². The number of hydrogen-bond donors (Lipinski definition) is 0. The van der Waals surface area contributed by atoms with Gasteiger partial charge in [0.15, 0.2) is 16.6 Å². The van der Waals surface area contributed by atoms with Crippen molar-refractivity contribution in [2.75, 3.05) is 13.2 Å². The second kappa shape index (κ2) is 11.2. The van der Waals surface area contributed by atoms with Crippen molar-refractivity contribution < 1.29 is 23.7 Å². The zero-order valence-corrected chi connectivity index (χ0v) is 17.6. The summed E-state index contributed by atoms with van der Waals surface area (Å²) in [4.78, 5) is 23.3. The molecule has 7 nitrogen and oxygen atoms in total. The fourth-order valence-corrected chi connectivity index (χ4v) is 2.78. The van der Waals surface area contributed by atoms with Crippen molar-refractivity contribution >= 4 is 23.2 Å². The third-order valence-electron chi connectivity index (χ3n) is 4.08. The Morgan fingerprint density at radius 3 is 2.57 bits per heavy atom. The molecule has 0 aliphatic carbocycles. The van der Waals surface area contributed by atoms with Crippen molar-refractivity contribution in [2.24, 2.45) is 5.92 Å². The summed E-state index contributed by atoms with van der Waals surface area (Å²) in [5.74, 6) is -0.933. The highest BCUT2D eigenvalue weighted by atomic mass is 32.1. The lowest BCUT2D eigenvalue weighted by Crippen LogP contribution is -2.35. The molecule has 0 fully saturated rings. The van der Waals surface area contributed by atoms with Crippen LogP contribution in [0.25, 0.3) is 0 Å². The normalized spacial score (nSPS) is 10.5. The number of hydrazine groups is 1. The van der Waals surface area contributed by atoms with E-state index in [1.54, 1.807) is 30.3 Å². The van der Waals surface area contributed by atoms with E-state index in [0.29, 0.717) is 17.9 Å². The van der Waals surface area contributed by atoms with Gasteiger partial charge in [-0.15, -0.1) is 0 Å². The minimum atomic E-state index is -0.636. The van der Waals surface area contributed by atoms with Gasteiger partial charge in [0.05, 0.1) is 12.2 Å². The van der Waals surface area contributed by atoms with E-state index in [-0.39, 0.29) is 29.5 Å². The van der Waals surface area contributed by atoms with Crippen LogP contribution in [0.4, 0.5) is 4.39 Å². The Bertz CT molecular complexity index is 892. The molecule has 0 radical (unpaired) electrons. The van der Waals surface area contributed by atoms with Gasteiger partial charge in [0.25, 0.3) is 0 Å². The maximum Gasteiger partial charge on any atom is 0.344 e. The highest BCUT2D eigenvalue weighted by Gasteiger charge is 2.25. The predicted octanol–water partition coefficient (Wildman–Crippen LogP) is 4.16. The fraction of sp³-hybridized carbons (Fsp3) is 0.333. The number of nitrogens with zero attached hydrogens (tertiary/aromatic N) is 2. The van der Waals surface area contributed by atoms with E-state index >= 15 is 0 Å². The lowest BCUT2D eigenvalue weighted by molar-refractivity contribution is -0.631. The first-order chi connectivity index (χ1) is 14.3. The Morgan fingerprint density at radius 1 is 1.23 bits per heavy atom. The molecule has 9 heteroatoms. The van der Waals surface area contributed by atoms with Crippen LogP contribution in [0, 0.1) is 21.8 Å². The SMILES string of the molecule is CC(C)CCOC(=O)COc1cc(F)ccc1C(=S)N(Cc1ccccc1)[N+](=O)[O-]. The van der Waals surface area contributed by atoms with Gasteiger partial charge in [-0.3, -0.25) is 0 Å². The molecule has 0 atom stereocenters. The van der Waals surface area contributed by atoms with Crippen LogP contribution in [0.2, 0.25) is 0 Å². The lowest BCUT2D eigenvalue weighted by atomic mass is 10.1. The molecule has 0 aliphatic rings. The van der Waals surface area contributed by atoms with Gasteiger partial charge in [0.1, 0.15) is 18.1 Å². The largest absolute Gasteiger partial charge is 0.481 e. The number of ether oxygens (including phenoxy) is 2. The van der Waals surface area contributed by atoms with Crippen LogP contribution >= 0.6 is 12.2 Å². The van der Waals surface area contributed by atoms with Crippen molar-refractivity contribution in [2.45, 2.75) is 26.8 Å². The average Bonchev–Trinajstić information content (AvgIpc) is 2.70. The first-order valence-electron chi connectivity index (χ1n) is 9.36. The molecular formula is C21H23FN2O5S. The first-order valence-corrected chi connectivity index (χ1v) is 9.76. The number of esters is 1. The van der Waals surface area contributed by atoms with Crippen molar-refractivity contribution in [3.63, 3.8) is 0 Å². The first kappa shape index (κ1) is 23.2. The Balaban J connectivity index is 2.14. The van der Waals surface area contributed by atoms with E-state index in [4.69, 9.17) is 21.7 Å². The fourth-order valence-electron chi connectivity index (χ4n) is 2.48. The molecule has 2 aromatic carbocycles. The highest BCUT2D eigenvalue weighted by Crippen LogP contribution is 2.23. The van der Waals surface area contributed by atoms with Gasteiger partial charge >= 0.3 is 5.97 Å². The lowest BCUT2D eigenvalue weighted by Gasteiger charge is -2.18. The molecule has 0 saturated carbocycles. The summed E-state index contributed by atoms with van der Waals surface area (Å²) in [6, 6.07) is 12.2. The second-order valence-electron chi connectivity index (χ2n) is 6.92. The maximum absolute atomic E-state index is 13.7. The van der Waals surface area contributed by atoms with Gasteiger partial charge in [-0.05, 0) is 30.0 Å². The van der Waals surface area contributed by atoms with E-state index in [0.717, 1.165) is 17.1 Å². The Labute approximate surface area is 179 Å². The topological polar surface area (TPSA) is 81.9 Å². The molecular weight excluding hydrogens is 411 g/mol. The van der Waals surface area contributed by atoms with Crippen molar-refractivity contribution in [1.29, 1.82) is 0 Å². The van der Waals surface area contributed by atoms with Crippen LogP contribution in [0.3, 0.4) is 0 Å². The summed E-state index contributed by atoms with van der Waals surface area (Å²) < 4.78 is 24.2. The van der Waals surface area contributed by atoms with Crippen molar-refractivity contribution in [1.82, 2.24) is 5.01 Å². The Kier molecular flexibility index (Phi) is 8.67. The summed E-state index contributed by atoms with van der Waals surface area (Å²) in [6.45, 7) is 3.71. The number of benzene rings is 2. The maximum atomic E-state index is 13.7. The highest BCUT2D eigenvalue weighted by molar-refractivity contribution is 7.80. The summed E-state index contributed by atoms with van der Waals surface area (Å²) in [6.07, 6.45) is 0.707. The Hall–Kier alpha value is -3.07. The van der Waals surface area contributed by atoms with E-state index in [1.807, 2.05) is 13.8 Å². The van der Waals surface area contributed by atoms with Crippen LogP contribution in [0.15, 0.2) is 48.5 Å². The van der Waals surface area contributed by atoms with Gasteiger partial charge in [-0.25, -0.2) is 19.3 Å². The molecule has 0 unspecified atom stereocenters. The van der Waals surface area contributed by atoms with Gasteiger partial charge in [0.2, 0.25) is 0 Å². The monoisotopic (exact) mass is 434 g/mol. The van der Waals surface area contributed by atoms with Gasteiger partial charge < -0.3 is 9.47 Å². The van der Waals surface area contributed by atoms with Crippen LogP contribution in [0.1, 0.15) is 31.4 Å². The summed E-state index contributed by atoms with van der Waals surface area (Å²) in [7, 11) is 0. The predicted molar refractivity (Wildman–Crippen MR) is 113 cm³/mol. The smallest absolute Gasteiger partial charge is 0.344 e. The second-order valence-corrected chi connectivity index (χ2v) is 7.31. The molecule has 0 bridgehead atoms. The molecule has 0 N–H and O–H groups in total. The molecule has 0 heterocycles. The minimum Gasteiger partial charge on any atom is -0.481 e. The van der Waals surface area contributed by atoms with E-state index in [2.05, 4.69) is 0 Å². The summed E-state index contributed by atoms with van der Waals surface area (Å²) >= 11 is 5.29. The quantitative estimate of drug-likeness (QED) is 0.240. The van der Waals surface area contributed by atoms with Crippen LogP contribution < -0.4 is 4.74 Å². The molecule has 30 heavy (non-hydrogen) atoms. The molecule has 2 rings (SSSR count). The zero-order chi connectivity index (χ0) is 22.1. The number of carbonyl (C=O) groups is 1. The van der Waals surface area contributed by atoms with Gasteiger partial charge in [-0.1, -0.05) is 61.4 Å². The molecule has 160 valence electrons. The van der Waals surface area contributed by atoms with E-state index in [9.17, 15) is 19.3 Å². The summed E-state index contributed by atoms with van der Waals surface area (Å²) in [5, 5.41) is 11.7. The van der Waals surface area contributed by atoms with E-state index in [1.165, 1.54) is 6.07 Å². The standard InChI is InChI=1S/C21H23FN2O5S/c1-15(2)10-11-28-20(25)14-29-19-12-17(22)8-9-18(19)21(30)23(24(26)27)13-16-6-4-3-5-7-16/h3-9,12,15H,10-11,13-14H2,1-2H3. The third-order valence-corrected chi connectivity index (χ3v) is 4.52. The number of rotatable bonds is 10. The zero-order valence-electron chi connectivity index (χ0n) is 16.7. The molecule has 0 spiro atoms. The molecule has 0 aromatic heterocycles.